The van der Waals surface area contributed by atoms with Gasteiger partial charge in [0.25, 0.3) is 0 Å². The number of anilines is 1. The Bertz CT molecular complexity index is 491. The van der Waals surface area contributed by atoms with E-state index in [0.29, 0.717) is 5.69 Å². The smallest absolute Gasteiger partial charge is 0.348 e. The van der Waals surface area contributed by atoms with Gasteiger partial charge in [-0.15, -0.1) is 11.3 Å². The van der Waals surface area contributed by atoms with Gasteiger partial charge in [-0.1, -0.05) is 30.3 Å². The fourth-order valence-electron chi connectivity index (χ4n) is 1.37. The SMILES string of the molecule is Nc1c(-c2ccccc2)csc1C(=O)O. The summed E-state index contributed by atoms with van der Waals surface area (Å²) in [6, 6.07) is 9.51. The average molecular weight is 219 g/mol. The molecular formula is C11H9NO2S. The molecule has 0 saturated heterocycles. The van der Waals surface area contributed by atoms with E-state index < -0.39 is 5.97 Å². The molecule has 0 amide bonds. The van der Waals surface area contributed by atoms with E-state index in [4.69, 9.17) is 10.8 Å². The Labute approximate surface area is 90.8 Å². The molecular weight excluding hydrogens is 210 g/mol. The van der Waals surface area contributed by atoms with Crippen LogP contribution in [0.1, 0.15) is 9.67 Å². The van der Waals surface area contributed by atoms with Crippen LogP contribution >= 0.6 is 11.3 Å². The van der Waals surface area contributed by atoms with Gasteiger partial charge in [0.15, 0.2) is 0 Å². The van der Waals surface area contributed by atoms with E-state index in [1.165, 1.54) is 0 Å². The number of carboxylic acid groups (broad SMARTS) is 1. The van der Waals surface area contributed by atoms with Crippen LogP contribution in [0.25, 0.3) is 11.1 Å². The number of hydrogen-bond donors (Lipinski definition) is 2. The van der Waals surface area contributed by atoms with Crippen molar-refractivity contribution in [2.24, 2.45) is 0 Å². The third-order valence-corrected chi connectivity index (χ3v) is 3.09. The summed E-state index contributed by atoms with van der Waals surface area (Å²) in [6.07, 6.45) is 0. The van der Waals surface area contributed by atoms with Crippen molar-refractivity contribution in [3.63, 3.8) is 0 Å². The minimum atomic E-state index is -0.973. The second-order valence-corrected chi connectivity index (χ2v) is 3.94. The summed E-state index contributed by atoms with van der Waals surface area (Å²) in [5, 5.41) is 10.6. The molecule has 0 fully saturated rings. The quantitative estimate of drug-likeness (QED) is 0.816. The summed E-state index contributed by atoms with van der Waals surface area (Å²) in [4.78, 5) is 11.0. The van der Waals surface area contributed by atoms with Crippen LogP contribution in [0.4, 0.5) is 5.69 Å². The first-order valence-corrected chi connectivity index (χ1v) is 5.24. The highest BCUT2D eigenvalue weighted by Gasteiger charge is 2.14. The molecule has 0 spiro atoms. The van der Waals surface area contributed by atoms with Gasteiger partial charge in [-0.25, -0.2) is 4.79 Å². The second kappa shape index (κ2) is 3.74. The highest BCUT2D eigenvalue weighted by molar-refractivity contribution is 7.13. The molecule has 3 nitrogen and oxygen atoms in total. The Morgan fingerprint density at radius 3 is 2.47 bits per heavy atom. The third-order valence-electron chi connectivity index (χ3n) is 2.11. The minimum absolute atomic E-state index is 0.203. The molecule has 0 atom stereocenters. The van der Waals surface area contributed by atoms with E-state index in [9.17, 15) is 4.79 Å². The van der Waals surface area contributed by atoms with Gasteiger partial charge in [-0.2, -0.15) is 0 Å². The van der Waals surface area contributed by atoms with Crippen LogP contribution in [0, 0.1) is 0 Å². The Morgan fingerprint density at radius 1 is 1.27 bits per heavy atom. The van der Waals surface area contributed by atoms with E-state index in [2.05, 4.69) is 0 Å². The number of nitrogen functional groups attached to an aromatic ring is 1. The van der Waals surface area contributed by atoms with Crippen molar-refractivity contribution in [2.45, 2.75) is 0 Å². The Kier molecular flexibility index (Phi) is 2.43. The Morgan fingerprint density at radius 2 is 1.93 bits per heavy atom. The zero-order chi connectivity index (χ0) is 10.8. The van der Waals surface area contributed by atoms with Gasteiger partial charge in [-0.05, 0) is 5.56 Å². The topological polar surface area (TPSA) is 63.3 Å². The summed E-state index contributed by atoms with van der Waals surface area (Å²) < 4.78 is 0. The number of thiophene rings is 1. The molecule has 2 aromatic rings. The van der Waals surface area contributed by atoms with E-state index >= 15 is 0 Å². The maximum absolute atomic E-state index is 10.8. The molecule has 0 bridgehead atoms. The normalized spacial score (nSPS) is 10.1. The monoisotopic (exact) mass is 219 g/mol. The van der Waals surface area contributed by atoms with Crippen LogP contribution < -0.4 is 5.73 Å². The van der Waals surface area contributed by atoms with Crippen molar-refractivity contribution in [3.8, 4) is 11.1 Å². The molecule has 15 heavy (non-hydrogen) atoms. The minimum Gasteiger partial charge on any atom is -0.477 e. The van der Waals surface area contributed by atoms with Gasteiger partial charge in [0, 0.05) is 10.9 Å². The number of carbonyl (C=O) groups is 1. The maximum atomic E-state index is 10.8. The summed E-state index contributed by atoms with van der Waals surface area (Å²) >= 11 is 1.15. The van der Waals surface area contributed by atoms with Crippen LogP contribution in [-0.2, 0) is 0 Å². The summed E-state index contributed by atoms with van der Waals surface area (Å²) in [7, 11) is 0. The molecule has 4 heteroatoms. The molecule has 0 aliphatic rings. The molecule has 0 aliphatic carbocycles. The Hall–Kier alpha value is -1.81. The lowest BCUT2D eigenvalue weighted by Gasteiger charge is -1.99. The largest absolute Gasteiger partial charge is 0.477 e. The van der Waals surface area contributed by atoms with Crippen molar-refractivity contribution < 1.29 is 9.90 Å². The van der Waals surface area contributed by atoms with E-state index in [1.54, 1.807) is 5.38 Å². The predicted octanol–water partition coefficient (Wildman–Crippen LogP) is 2.70. The fraction of sp³-hybridized carbons (Fsp3) is 0. The average Bonchev–Trinajstić information content (AvgIpc) is 2.61. The van der Waals surface area contributed by atoms with Gasteiger partial charge in [0.05, 0.1) is 5.69 Å². The van der Waals surface area contributed by atoms with Crippen LogP contribution in [0.15, 0.2) is 35.7 Å². The first kappa shape index (κ1) is 9.73. The van der Waals surface area contributed by atoms with Gasteiger partial charge in [0.1, 0.15) is 4.88 Å². The van der Waals surface area contributed by atoms with Crippen molar-refractivity contribution in [2.75, 3.05) is 5.73 Å². The highest BCUT2D eigenvalue weighted by atomic mass is 32.1. The zero-order valence-corrected chi connectivity index (χ0v) is 8.62. The lowest BCUT2D eigenvalue weighted by Crippen LogP contribution is -1.98. The van der Waals surface area contributed by atoms with Crippen LogP contribution in [0.3, 0.4) is 0 Å². The van der Waals surface area contributed by atoms with Gasteiger partial charge in [0.2, 0.25) is 0 Å². The molecule has 1 aromatic heterocycles. The zero-order valence-electron chi connectivity index (χ0n) is 7.81. The lowest BCUT2D eigenvalue weighted by molar-refractivity contribution is 0.0703. The number of benzene rings is 1. The second-order valence-electron chi connectivity index (χ2n) is 3.06. The first-order chi connectivity index (χ1) is 7.20. The highest BCUT2D eigenvalue weighted by Crippen LogP contribution is 2.33. The number of aromatic carboxylic acids is 1. The lowest BCUT2D eigenvalue weighted by atomic mass is 10.1. The third kappa shape index (κ3) is 1.71. The summed E-state index contributed by atoms with van der Waals surface area (Å²) in [5.41, 5.74) is 7.84. The molecule has 1 heterocycles. The first-order valence-electron chi connectivity index (χ1n) is 4.36. The van der Waals surface area contributed by atoms with E-state index in [-0.39, 0.29) is 4.88 Å². The van der Waals surface area contributed by atoms with Crippen LogP contribution in [-0.4, -0.2) is 11.1 Å². The molecule has 76 valence electrons. The van der Waals surface area contributed by atoms with Gasteiger partial charge >= 0.3 is 5.97 Å². The number of hydrogen-bond acceptors (Lipinski definition) is 3. The van der Waals surface area contributed by atoms with Gasteiger partial charge < -0.3 is 10.8 Å². The molecule has 3 N–H and O–H groups in total. The molecule has 0 saturated carbocycles. The van der Waals surface area contributed by atoms with Gasteiger partial charge in [-0.3, -0.25) is 0 Å². The van der Waals surface area contributed by atoms with Crippen molar-refractivity contribution in [1.29, 1.82) is 0 Å². The number of carboxylic acids is 1. The maximum Gasteiger partial charge on any atom is 0.348 e. The molecule has 0 radical (unpaired) electrons. The van der Waals surface area contributed by atoms with Crippen molar-refractivity contribution in [1.82, 2.24) is 0 Å². The predicted molar refractivity (Wildman–Crippen MR) is 61.1 cm³/mol. The van der Waals surface area contributed by atoms with E-state index in [0.717, 1.165) is 22.5 Å². The van der Waals surface area contributed by atoms with Crippen molar-refractivity contribution in [3.05, 3.63) is 40.6 Å². The molecule has 2 rings (SSSR count). The standard InChI is InChI=1S/C11H9NO2S/c12-9-8(6-15-10(9)11(13)14)7-4-2-1-3-5-7/h1-6H,12H2,(H,13,14). The van der Waals surface area contributed by atoms with E-state index in [1.807, 2.05) is 30.3 Å². The fourth-order valence-corrected chi connectivity index (χ4v) is 2.21. The van der Waals surface area contributed by atoms with Crippen LogP contribution in [0.2, 0.25) is 0 Å². The molecule has 1 aromatic carbocycles. The molecule has 0 unspecified atom stereocenters. The van der Waals surface area contributed by atoms with Crippen LogP contribution in [0.5, 0.6) is 0 Å². The molecule has 0 aliphatic heterocycles. The Balaban J connectivity index is 2.52. The number of rotatable bonds is 2. The summed E-state index contributed by atoms with van der Waals surface area (Å²) in [6.45, 7) is 0. The summed E-state index contributed by atoms with van der Waals surface area (Å²) in [5.74, 6) is -0.973. The number of nitrogens with two attached hydrogens (primary N) is 1. The van der Waals surface area contributed by atoms with Crippen molar-refractivity contribution >= 4 is 23.0 Å².